The molecule has 0 amide bonds. The van der Waals surface area contributed by atoms with Crippen molar-refractivity contribution in [2.24, 2.45) is 29.4 Å². The first-order chi connectivity index (χ1) is 6.38. The van der Waals surface area contributed by atoms with E-state index in [0.717, 1.165) is 36.8 Å². The van der Waals surface area contributed by atoms with Crippen LogP contribution >= 0.6 is 0 Å². The molecular formula is C11H18N2. The predicted molar refractivity (Wildman–Crippen MR) is 53.2 cm³/mol. The minimum absolute atomic E-state index is 0.822. The average molecular weight is 178 g/mol. The lowest BCUT2D eigenvalue weighted by Crippen LogP contribution is -2.28. The second-order valence-corrected chi connectivity index (χ2v) is 4.82. The molecule has 3 aliphatic rings. The van der Waals surface area contributed by atoms with E-state index in [0.29, 0.717) is 0 Å². The van der Waals surface area contributed by atoms with E-state index < -0.39 is 0 Å². The summed E-state index contributed by atoms with van der Waals surface area (Å²) in [5, 5.41) is 0. The molecule has 3 rings (SSSR count). The van der Waals surface area contributed by atoms with Gasteiger partial charge in [-0.25, -0.2) is 0 Å². The number of hydrogen-bond donors (Lipinski definition) is 1. The fourth-order valence-electron chi connectivity index (χ4n) is 3.60. The SMILES string of the molecule is NCCN1C[C@@H]2[C@H](C1)[C@H]1C=C[C@H]2C1. The molecule has 1 aliphatic heterocycles. The third-order valence-corrected chi connectivity index (χ3v) is 4.18. The van der Waals surface area contributed by atoms with Crippen LogP contribution in [0.1, 0.15) is 6.42 Å². The Morgan fingerprint density at radius 3 is 2.31 bits per heavy atom. The van der Waals surface area contributed by atoms with Crippen molar-refractivity contribution >= 4 is 0 Å². The number of hydrogen-bond acceptors (Lipinski definition) is 2. The molecule has 1 heterocycles. The van der Waals surface area contributed by atoms with Gasteiger partial charge in [0.1, 0.15) is 0 Å². The second kappa shape index (κ2) is 2.82. The Labute approximate surface area is 79.8 Å². The highest BCUT2D eigenvalue weighted by Crippen LogP contribution is 2.51. The molecule has 2 aliphatic carbocycles. The van der Waals surface area contributed by atoms with E-state index in [1.807, 2.05) is 0 Å². The van der Waals surface area contributed by atoms with E-state index >= 15 is 0 Å². The lowest BCUT2D eigenvalue weighted by atomic mass is 9.86. The summed E-state index contributed by atoms with van der Waals surface area (Å²) in [5.74, 6) is 3.78. The summed E-state index contributed by atoms with van der Waals surface area (Å²) >= 11 is 0. The Bertz CT molecular complexity index is 216. The van der Waals surface area contributed by atoms with Crippen LogP contribution < -0.4 is 5.73 Å². The van der Waals surface area contributed by atoms with Gasteiger partial charge < -0.3 is 10.6 Å². The molecule has 2 heteroatoms. The second-order valence-electron chi connectivity index (χ2n) is 4.82. The zero-order valence-electron chi connectivity index (χ0n) is 8.02. The van der Waals surface area contributed by atoms with Crippen LogP contribution in [0, 0.1) is 23.7 Å². The topological polar surface area (TPSA) is 29.3 Å². The van der Waals surface area contributed by atoms with Crippen LogP contribution in [-0.2, 0) is 0 Å². The fraction of sp³-hybridized carbons (Fsp3) is 0.818. The fourth-order valence-corrected chi connectivity index (χ4v) is 3.60. The molecule has 1 saturated heterocycles. The Kier molecular flexibility index (Phi) is 1.74. The Morgan fingerprint density at radius 2 is 1.77 bits per heavy atom. The van der Waals surface area contributed by atoms with Gasteiger partial charge in [-0.2, -0.15) is 0 Å². The van der Waals surface area contributed by atoms with Crippen molar-refractivity contribution in [2.75, 3.05) is 26.2 Å². The molecule has 0 aromatic carbocycles. The Hall–Kier alpha value is -0.340. The maximum Gasteiger partial charge on any atom is 0.0105 e. The van der Waals surface area contributed by atoms with Crippen LogP contribution in [-0.4, -0.2) is 31.1 Å². The van der Waals surface area contributed by atoms with Crippen molar-refractivity contribution in [2.45, 2.75) is 6.42 Å². The van der Waals surface area contributed by atoms with E-state index in [9.17, 15) is 0 Å². The van der Waals surface area contributed by atoms with Crippen LogP contribution in [0.4, 0.5) is 0 Å². The van der Waals surface area contributed by atoms with Gasteiger partial charge >= 0.3 is 0 Å². The van der Waals surface area contributed by atoms with E-state index in [4.69, 9.17) is 5.73 Å². The van der Waals surface area contributed by atoms with Crippen molar-refractivity contribution in [1.82, 2.24) is 4.90 Å². The molecule has 13 heavy (non-hydrogen) atoms. The molecule has 72 valence electrons. The van der Waals surface area contributed by atoms with Gasteiger partial charge in [-0.15, -0.1) is 0 Å². The van der Waals surface area contributed by atoms with Gasteiger partial charge in [0.25, 0.3) is 0 Å². The number of nitrogens with two attached hydrogens (primary N) is 1. The van der Waals surface area contributed by atoms with Crippen molar-refractivity contribution in [3.63, 3.8) is 0 Å². The molecule has 2 nitrogen and oxygen atoms in total. The maximum absolute atomic E-state index is 5.59. The summed E-state index contributed by atoms with van der Waals surface area (Å²) < 4.78 is 0. The monoisotopic (exact) mass is 178 g/mol. The number of likely N-dealkylation sites (tertiary alicyclic amines) is 1. The summed E-state index contributed by atoms with van der Waals surface area (Å²) in [4.78, 5) is 2.56. The molecule has 0 aromatic heterocycles. The van der Waals surface area contributed by atoms with E-state index in [1.54, 1.807) is 0 Å². The largest absolute Gasteiger partial charge is 0.329 e. The third kappa shape index (κ3) is 1.09. The summed E-state index contributed by atoms with van der Waals surface area (Å²) in [5.41, 5.74) is 5.59. The number of allylic oxidation sites excluding steroid dienone is 2. The van der Waals surface area contributed by atoms with Gasteiger partial charge in [0.15, 0.2) is 0 Å². The minimum atomic E-state index is 0.822. The van der Waals surface area contributed by atoms with Crippen molar-refractivity contribution in [3.8, 4) is 0 Å². The molecule has 2 bridgehead atoms. The van der Waals surface area contributed by atoms with E-state index in [-0.39, 0.29) is 0 Å². The van der Waals surface area contributed by atoms with Gasteiger partial charge in [-0.1, -0.05) is 12.2 Å². The molecular weight excluding hydrogens is 160 g/mol. The van der Waals surface area contributed by atoms with Crippen LogP contribution in [0.15, 0.2) is 12.2 Å². The summed E-state index contributed by atoms with van der Waals surface area (Å²) in [6.07, 6.45) is 6.36. The van der Waals surface area contributed by atoms with Crippen molar-refractivity contribution in [3.05, 3.63) is 12.2 Å². The first-order valence-corrected chi connectivity index (χ1v) is 5.49. The van der Waals surface area contributed by atoms with E-state index in [2.05, 4.69) is 17.1 Å². The number of fused-ring (bicyclic) bond motifs is 5. The van der Waals surface area contributed by atoms with Crippen LogP contribution in [0.3, 0.4) is 0 Å². The first kappa shape index (κ1) is 8.01. The highest BCUT2D eigenvalue weighted by Gasteiger charge is 2.48. The normalized spacial score (nSPS) is 47.5. The van der Waals surface area contributed by atoms with Crippen LogP contribution in [0.25, 0.3) is 0 Å². The molecule has 4 atom stereocenters. The van der Waals surface area contributed by atoms with Gasteiger partial charge in [0.2, 0.25) is 0 Å². The quantitative estimate of drug-likeness (QED) is 0.631. The van der Waals surface area contributed by atoms with E-state index in [1.165, 1.54) is 19.5 Å². The highest BCUT2D eigenvalue weighted by molar-refractivity contribution is 5.16. The lowest BCUT2D eigenvalue weighted by Gasteiger charge is -2.17. The van der Waals surface area contributed by atoms with Crippen LogP contribution in [0.5, 0.6) is 0 Å². The van der Waals surface area contributed by atoms with Gasteiger partial charge in [-0.3, -0.25) is 0 Å². The zero-order valence-corrected chi connectivity index (χ0v) is 8.02. The molecule has 1 saturated carbocycles. The highest BCUT2D eigenvalue weighted by atomic mass is 15.2. The molecule has 2 fully saturated rings. The third-order valence-electron chi connectivity index (χ3n) is 4.18. The van der Waals surface area contributed by atoms with Gasteiger partial charge in [0.05, 0.1) is 0 Å². The zero-order chi connectivity index (χ0) is 8.84. The summed E-state index contributed by atoms with van der Waals surface area (Å²) in [6.45, 7) is 4.55. The van der Waals surface area contributed by atoms with Crippen molar-refractivity contribution in [1.29, 1.82) is 0 Å². The first-order valence-electron chi connectivity index (χ1n) is 5.49. The molecule has 0 radical (unpaired) electrons. The molecule has 0 aromatic rings. The lowest BCUT2D eigenvalue weighted by molar-refractivity contribution is 0.306. The number of nitrogens with zero attached hydrogens (tertiary/aromatic N) is 1. The average Bonchev–Trinajstić information content (AvgIpc) is 2.72. The molecule has 0 unspecified atom stereocenters. The smallest absolute Gasteiger partial charge is 0.0105 e. The maximum atomic E-state index is 5.59. The molecule has 2 N–H and O–H groups in total. The number of rotatable bonds is 2. The molecule has 0 spiro atoms. The van der Waals surface area contributed by atoms with Gasteiger partial charge in [0, 0.05) is 26.2 Å². The Morgan fingerprint density at radius 1 is 1.15 bits per heavy atom. The minimum Gasteiger partial charge on any atom is -0.329 e. The standard InChI is InChI=1S/C11H18N2/c12-3-4-13-6-10-8-1-2-9(5-8)11(10)7-13/h1-2,8-11H,3-7,12H2/t8-,9-,10-,11+/m0/s1. The predicted octanol–water partition coefficient (Wildman–Crippen LogP) is 0.699. The summed E-state index contributed by atoms with van der Waals surface area (Å²) in [7, 11) is 0. The summed E-state index contributed by atoms with van der Waals surface area (Å²) in [6, 6.07) is 0. The van der Waals surface area contributed by atoms with Crippen LogP contribution in [0.2, 0.25) is 0 Å². The van der Waals surface area contributed by atoms with Crippen molar-refractivity contribution < 1.29 is 0 Å². The Balaban J connectivity index is 1.72. The van der Waals surface area contributed by atoms with Gasteiger partial charge in [-0.05, 0) is 30.1 Å².